The van der Waals surface area contributed by atoms with Gasteiger partial charge in [-0.3, -0.25) is 0 Å². The van der Waals surface area contributed by atoms with Crippen LogP contribution in [0.3, 0.4) is 0 Å². The third-order valence-corrected chi connectivity index (χ3v) is 3.42. The van der Waals surface area contributed by atoms with E-state index < -0.39 is 0 Å². The summed E-state index contributed by atoms with van der Waals surface area (Å²) >= 11 is 0. The lowest BCUT2D eigenvalue weighted by Crippen LogP contribution is -2.45. The zero-order valence-electron chi connectivity index (χ0n) is 10.2. The van der Waals surface area contributed by atoms with Crippen molar-refractivity contribution in [1.29, 1.82) is 0 Å². The van der Waals surface area contributed by atoms with Crippen LogP contribution in [0, 0.1) is 0 Å². The van der Waals surface area contributed by atoms with Gasteiger partial charge in [0.2, 0.25) is 0 Å². The van der Waals surface area contributed by atoms with Gasteiger partial charge in [-0.15, -0.1) is 0 Å². The number of hydrogen-bond donors (Lipinski definition) is 0. The standard InChI is InChI=1S/C11H21N3O2/c1-12-5-7-14(8-6-12)4-3-10-9-13(2)11(15)16-10/h10H,3-9H2,1-2H3. The Morgan fingerprint density at radius 2 is 1.94 bits per heavy atom. The van der Waals surface area contributed by atoms with Crippen LogP contribution in [0.15, 0.2) is 0 Å². The van der Waals surface area contributed by atoms with Crippen molar-refractivity contribution in [3.8, 4) is 0 Å². The molecule has 1 amide bonds. The molecule has 2 saturated heterocycles. The van der Waals surface area contributed by atoms with E-state index in [-0.39, 0.29) is 12.2 Å². The van der Waals surface area contributed by atoms with Crippen molar-refractivity contribution in [2.75, 3.05) is 53.4 Å². The summed E-state index contributed by atoms with van der Waals surface area (Å²) in [5.41, 5.74) is 0. The van der Waals surface area contributed by atoms with Gasteiger partial charge in [0.05, 0.1) is 6.54 Å². The van der Waals surface area contributed by atoms with Crippen molar-refractivity contribution in [3.63, 3.8) is 0 Å². The van der Waals surface area contributed by atoms with Crippen LogP contribution in [-0.4, -0.2) is 80.3 Å². The van der Waals surface area contributed by atoms with Gasteiger partial charge in [0, 0.05) is 39.8 Å². The monoisotopic (exact) mass is 227 g/mol. The highest BCUT2D eigenvalue weighted by Gasteiger charge is 2.28. The minimum absolute atomic E-state index is 0.0946. The Hall–Kier alpha value is -0.810. The van der Waals surface area contributed by atoms with Crippen molar-refractivity contribution < 1.29 is 9.53 Å². The number of carbonyl (C=O) groups excluding carboxylic acids is 1. The first kappa shape index (κ1) is 11.7. The van der Waals surface area contributed by atoms with E-state index >= 15 is 0 Å². The van der Waals surface area contributed by atoms with Gasteiger partial charge >= 0.3 is 6.09 Å². The first-order chi connectivity index (χ1) is 7.65. The molecule has 2 aliphatic rings. The van der Waals surface area contributed by atoms with E-state index in [1.165, 1.54) is 0 Å². The summed E-state index contributed by atoms with van der Waals surface area (Å²) in [5, 5.41) is 0. The molecule has 0 N–H and O–H groups in total. The van der Waals surface area contributed by atoms with Gasteiger partial charge in [-0.1, -0.05) is 0 Å². The fraction of sp³-hybridized carbons (Fsp3) is 0.909. The van der Waals surface area contributed by atoms with Crippen molar-refractivity contribution in [3.05, 3.63) is 0 Å². The fourth-order valence-electron chi connectivity index (χ4n) is 2.20. The van der Waals surface area contributed by atoms with Gasteiger partial charge in [-0.05, 0) is 13.5 Å². The lowest BCUT2D eigenvalue weighted by atomic mass is 10.2. The maximum Gasteiger partial charge on any atom is 0.409 e. The summed E-state index contributed by atoms with van der Waals surface area (Å²) in [5.74, 6) is 0. The van der Waals surface area contributed by atoms with Crippen LogP contribution >= 0.6 is 0 Å². The Morgan fingerprint density at radius 3 is 2.50 bits per heavy atom. The SMILES string of the molecule is CN1CCN(CCC2CN(C)C(=O)O2)CC1. The van der Waals surface area contributed by atoms with Gasteiger partial charge in [-0.2, -0.15) is 0 Å². The van der Waals surface area contributed by atoms with Gasteiger partial charge in [0.15, 0.2) is 0 Å². The molecule has 0 saturated carbocycles. The molecule has 0 bridgehead atoms. The number of cyclic esters (lactones) is 1. The first-order valence-electron chi connectivity index (χ1n) is 5.98. The number of nitrogens with zero attached hydrogens (tertiary/aromatic N) is 3. The van der Waals surface area contributed by atoms with Crippen LogP contribution in [0.1, 0.15) is 6.42 Å². The second-order valence-corrected chi connectivity index (χ2v) is 4.82. The molecule has 2 aliphatic heterocycles. The summed E-state index contributed by atoms with van der Waals surface area (Å²) in [7, 11) is 3.95. The molecule has 0 aliphatic carbocycles. The average Bonchev–Trinajstić information content (AvgIpc) is 2.58. The van der Waals surface area contributed by atoms with Crippen LogP contribution in [0.25, 0.3) is 0 Å². The molecular weight excluding hydrogens is 206 g/mol. The molecule has 2 fully saturated rings. The van der Waals surface area contributed by atoms with Gasteiger partial charge in [0.1, 0.15) is 6.10 Å². The quantitative estimate of drug-likeness (QED) is 0.684. The highest BCUT2D eigenvalue weighted by atomic mass is 16.6. The molecule has 16 heavy (non-hydrogen) atoms. The van der Waals surface area contributed by atoms with E-state index in [0.717, 1.165) is 45.7 Å². The van der Waals surface area contributed by atoms with Crippen LogP contribution in [0.2, 0.25) is 0 Å². The topological polar surface area (TPSA) is 36.0 Å². The molecule has 2 heterocycles. The van der Waals surface area contributed by atoms with Gasteiger partial charge < -0.3 is 19.4 Å². The van der Waals surface area contributed by atoms with E-state index in [1.807, 2.05) is 0 Å². The average molecular weight is 227 g/mol. The molecule has 0 aromatic heterocycles. The lowest BCUT2D eigenvalue weighted by molar-refractivity contribution is 0.108. The van der Waals surface area contributed by atoms with Crippen LogP contribution in [0.5, 0.6) is 0 Å². The van der Waals surface area contributed by atoms with Crippen molar-refractivity contribution in [1.82, 2.24) is 14.7 Å². The van der Waals surface area contributed by atoms with Crippen molar-refractivity contribution >= 4 is 6.09 Å². The first-order valence-corrected chi connectivity index (χ1v) is 5.98. The lowest BCUT2D eigenvalue weighted by Gasteiger charge is -2.32. The number of piperazine rings is 1. The molecule has 0 aromatic rings. The van der Waals surface area contributed by atoms with E-state index in [2.05, 4.69) is 16.8 Å². The highest BCUT2D eigenvalue weighted by molar-refractivity contribution is 5.69. The third kappa shape index (κ3) is 2.86. The third-order valence-electron chi connectivity index (χ3n) is 3.42. The summed E-state index contributed by atoms with van der Waals surface area (Å²) in [6.07, 6.45) is 0.875. The van der Waals surface area contributed by atoms with Crippen molar-refractivity contribution in [2.24, 2.45) is 0 Å². The molecule has 0 aromatic carbocycles. The Kier molecular flexibility index (Phi) is 3.66. The largest absolute Gasteiger partial charge is 0.444 e. The minimum Gasteiger partial charge on any atom is -0.444 e. The molecule has 92 valence electrons. The Labute approximate surface area is 96.9 Å². The van der Waals surface area contributed by atoms with E-state index in [9.17, 15) is 4.79 Å². The fourth-order valence-corrected chi connectivity index (χ4v) is 2.20. The zero-order chi connectivity index (χ0) is 11.5. The van der Waals surface area contributed by atoms with Crippen LogP contribution in [-0.2, 0) is 4.74 Å². The summed E-state index contributed by atoms with van der Waals surface area (Å²) in [4.78, 5) is 17.6. The molecule has 0 radical (unpaired) electrons. The number of likely N-dealkylation sites (N-methyl/N-ethyl adjacent to an activating group) is 2. The number of hydrogen-bond acceptors (Lipinski definition) is 4. The zero-order valence-corrected chi connectivity index (χ0v) is 10.2. The van der Waals surface area contributed by atoms with Crippen LogP contribution in [0.4, 0.5) is 4.79 Å². The Balaban J connectivity index is 1.66. The smallest absolute Gasteiger partial charge is 0.409 e. The van der Waals surface area contributed by atoms with Crippen molar-refractivity contribution in [2.45, 2.75) is 12.5 Å². The summed E-state index contributed by atoms with van der Waals surface area (Å²) in [6, 6.07) is 0. The normalized spacial score (nSPS) is 28.5. The second kappa shape index (κ2) is 5.01. The van der Waals surface area contributed by atoms with E-state index in [0.29, 0.717) is 0 Å². The Morgan fingerprint density at radius 1 is 1.25 bits per heavy atom. The molecule has 5 heteroatoms. The number of amides is 1. The summed E-state index contributed by atoms with van der Waals surface area (Å²) < 4.78 is 5.24. The molecule has 0 spiro atoms. The minimum atomic E-state index is -0.177. The molecule has 1 unspecified atom stereocenters. The van der Waals surface area contributed by atoms with Gasteiger partial charge in [-0.25, -0.2) is 4.79 Å². The molecule has 5 nitrogen and oxygen atoms in total. The molecule has 2 rings (SSSR count). The Bertz CT molecular complexity index is 252. The molecular formula is C11H21N3O2. The predicted molar refractivity (Wildman–Crippen MR) is 61.5 cm³/mol. The number of ether oxygens (including phenoxy) is 1. The van der Waals surface area contributed by atoms with E-state index in [1.54, 1.807) is 11.9 Å². The van der Waals surface area contributed by atoms with Crippen LogP contribution < -0.4 is 0 Å². The maximum atomic E-state index is 11.2. The highest BCUT2D eigenvalue weighted by Crippen LogP contribution is 2.13. The predicted octanol–water partition coefficient (Wildman–Crippen LogP) is 0.0745. The second-order valence-electron chi connectivity index (χ2n) is 4.82. The van der Waals surface area contributed by atoms with Gasteiger partial charge in [0.25, 0.3) is 0 Å². The maximum absolute atomic E-state index is 11.2. The number of carbonyl (C=O) groups is 1. The van der Waals surface area contributed by atoms with E-state index in [4.69, 9.17) is 4.74 Å². The number of rotatable bonds is 3. The molecule has 1 atom stereocenters. The summed E-state index contributed by atoms with van der Waals surface area (Å²) in [6.45, 7) is 6.33.